The third-order valence-corrected chi connectivity index (χ3v) is 8.27. The molecule has 39 heavy (non-hydrogen) atoms. The Morgan fingerprint density at radius 1 is 0.949 bits per heavy atom. The number of carbonyl (C=O) groups is 2. The number of hydrogen-bond donors (Lipinski definition) is 0. The van der Waals surface area contributed by atoms with Crippen LogP contribution in [0.25, 0.3) is 0 Å². The second-order valence-corrected chi connectivity index (χ2v) is 12.3. The Balaban J connectivity index is 1.42. The van der Waals surface area contributed by atoms with Gasteiger partial charge in [-0.1, -0.05) is 19.1 Å². The molecule has 210 valence electrons. The van der Waals surface area contributed by atoms with E-state index in [0.717, 1.165) is 61.5 Å². The van der Waals surface area contributed by atoms with Crippen molar-refractivity contribution in [1.82, 2.24) is 9.80 Å². The molecule has 3 aliphatic rings. The molecule has 2 amide bonds. The van der Waals surface area contributed by atoms with Crippen LogP contribution < -0.4 is 9.64 Å². The molecular formula is C32H43N3O4. The zero-order valence-corrected chi connectivity index (χ0v) is 24.1. The predicted octanol–water partition coefficient (Wildman–Crippen LogP) is 6.07. The Bertz CT molecular complexity index is 1180. The lowest BCUT2D eigenvalue weighted by molar-refractivity contribution is 0.0188. The van der Waals surface area contributed by atoms with Crippen LogP contribution >= 0.6 is 0 Å². The normalized spacial score (nSPS) is 21.4. The summed E-state index contributed by atoms with van der Waals surface area (Å²) in [4.78, 5) is 32.8. The van der Waals surface area contributed by atoms with E-state index in [-0.39, 0.29) is 24.0 Å². The summed E-state index contributed by atoms with van der Waals surface area (Å²) in [7, 11) is 0. The highest BCUT2D eigenvalue weighted by Gasteiger charge is 2.44. The van der Waals surface area contributed by atoms with Crippen molar-refractivity contribution in [2.75, 3.05) is 37.7 Å². The third-order valence-electron chi connectivity index (χ3n) is 8.27. The van der Waals surface area contributed by atoms with Crippen LogP contribution in [0.5, 0.6) is 5.75 Å². The Labute approximate surface area is 233 Å². The topological polar surface area (TPSA) is 62.3 Å². The smallest absolute Gasteiger partial charge is 0.410 e. The molecule has 5 rings (SSSR count). The van der Waals surface area contributed by atoms with Crippen molar-refractivity contribution in [2.45, 2.75) is 78.0 Å². The van der Waals surface area contributed by atoms with Gasteiger partial charge in [0.1, 0.15) is 11.4 Å². The third kappa shape index (κ3) is 6.02. The minimum absolute atomic E-state index is 0.117. The zero-order valence-electron chi connectivity index (χ0n) is 24.1. The van der Waals surface area contributed by atoms with Crippen molar-refractivity contribution >= 4 is 17.7 Å². The van der Waals surface area contributed by atoms with Gasteiger partial charge in [0.15, 0.2) is 0 Å². The van der Waals surface area contributed by atoms with Gasteiger partial charge in [-0.25, -0.2) is 4.79 Å². The van der Waals surface area contributed by atoms with Crippen LogP contribution in [0.15, 0.2) is 42.5 Å². The lowest BCUT2D eigenvalue weighted by Gasteiger charge is -2.39. The van der Waals surface area contributed by atoms with Crippen LogP contribution in [-0.4, -0.2) is 66.2 Å². The van der Waals surface area contributed by atoms with E-state index in [2.05, 4.69) is 36.1 Å². The number of likely N-dealkylation sites (tertiary alicyclic amines) is 2. The van der Waals surface area contributed by atoms with Gasteiger partial charge >= 0.3 is 6.09 Å². The summed E-state index contributed by atoms with van der Waals surface area (Å²) in [6.07, 6.45) is 2.70. The minimum atomic E-state index is -0.535. The van der Waals surface area contributed by atoms with E-state index < -0.39 is 5.60 Å². The molecule has 0 N–H and O–H groups in total. The van der Waals surface area contributed by atoms with E-state index in [1.54, 1.807) is 0 Å². The Kier molecular flexibility index (Phi) is 7.79. The summed E-state index contributed by atoms with van der Waals surface area (Å²) in [6, 6.07) is 14.8. The molecule has 3 heterocycles. The first-order valence-electron chi connectivity index (χ1n) is 14.5. The fourth-order valence-corrected chi connectivity index (χ4v) is 6.19. The van der Waals surface area contributed by atoms with Crippen molar-refractivity contribution in [2.24, 2.45) is 5.92 Å². The number of fused-ring (bicyclic) bond motifs is 3. The average Bonchev–Trinajstić information content (AvgIpc) is 3.21. The fraction of sp³-hybridized carbons (Fsp3) is 0.562. The van der Waals surface area contributed by atoms with Gasteiger partial charge in [0.25, 0.3) is 5.91 Å². The molecule has 0 aromatic heterocycles. The highest BCUT2D eigenvalue weighted by molar-refractivity contribution is 5.95. The van der Waals surface area contributed by atoms with Crippen molar-refractivity contribution in [3.63, 3.8) is 0 Å². The molecule has 2 unspecified atom stereocenters. The maximum Gasteiger partial charge on any atom is 0.410 e. The second-order valence-electron chi connectivity index (χ2n) is 12.3. The van der Waals surface area contributed by atoms with E-state index in [4.69, 9.17) is 9.47 Å². The number of amides is 2. The first-order valence-corrected chi connectivity index (χ1v) is 14.5. The van der Waals surface area contributed by atoms with E-state index in [0.29, 0.717) is 25.6 Å². The van der Waals surface area contributed by atoms with E-state index >= 15 is 0 Å². The summed E-state index contributed by atoms with van der Waals surface area (Å²) in [6.45, 7) is 14.3. The molecule has 0 radical (unpaired) electrons. The zero-order chi connectivity index (χ0) is 27.7. The maximum absolute atomic E-state index is 13.5. The monoisotopic (exact) mass is 533 g/mol. The summed E-state index contributed by atoms with van der Waals surface area (Å²) >= 11 is 0. The Morgan fingerprint density at radius 3 is 2.31 bits per heavy atom. The molecular weight excluding hydrogens is 490 g/mol. The molecule has 0 aliphatic carbocycles. The van der Waals surface area contributed by atoms with Crippen LogP contribution in [0.1, 0.15) is 81.3 Å². The molecule has 3 aliphatic heterocycles. The maximum atomic E-state index is 13.5. The average molecular weight is 534 g/mol. The number of benzene rings is 2. The first-order chi connectivity index (χ1) is 18.6. The van der Waals surface area contributed by atoms with Crippen molar-refractivity contribution in [3.8, 4) is 5.75 Å². The largest absolute Gasteiger partial charge is 0.494 e. The summed E-state index contributed by atoms with van der Waals surface area (Å²) in [5.74, 6) is 1.79. The molecule has 0 saturated carbocycles. The molecule has 0 spiro atoms. The van der Waals surface area contributed by atoms with Crippen molar-refractivity contribution in [3.05, 3.63) is 59.2 Å². The van der Waals surface area contributed by atoms with Gasteiger partial charge in [0, 0.05) is 55.9 Å². The molecule has 7 nitrogen and oxygen atoms in total. The lowest BCUT2D eigenvalue weighted by atomic mass is 9.88. The minimum Gasteiger partial charge on any atom is -0.494 e. The highest BCUT2D eigenvalue weighted by atomic mass is 16.6. The van der Waals surface area contributed by atoms with Crippen LogP contribution in [0, 0.1) is 5.92 Å². The second kappa shape index (κ2) is 11.1. The highest BCUT2D eigenvalue weighted by Crippen LogP contribution is 2.46. The summed E-state index contributed by atoms with van der Waals surface area (Å²) < 4.78 is 11.4. The predicted molar refractivity (Wildman–Crippen MR) is 153 cm³/mol. The molecule has 7 heteroatoms. The van der Waals surface area contributed by atoms with Gasteiger partial charge in [-0.3, -0.25) is 4.79 Å². The molecule has 2 aromatic carbocycles. The van der Waals surface area contributed by atoms with Crippen LogP contribution in [0.3, 0.4) is 0 Å². The van der Waals surface area contributed by atoms with Gasteiger partial charge in [-0.2, -0.15) is 0 Å². The number of ether oxygens (including phenoxy) is 2. The molecule has 2 saturated heterocycles. The molecule has 2 atom stereocenters. The van der Waals surface area contributed by atoms with Gasteiger partial charge in [0.2, 0.25) is 0 Å². The van der Waals surface area contributed by atoms with E-state index in [9.17, 15) is 9.59 Å². The standard InChI is InChI=1S/C32H43N3O4/c1-6-38-25-10-7-23(8-11-25)20-35-28-12-9-24(30(36)33-16-13-22(2)14-17-33)19-26(28)27-21-34(18-15-29(27)35)31(37)39-32(3,4)5/h7-12,19,22,27,29H,6,13-18,20-21H2,1-5H3. The lowest BCUT2D eigenvalue weighted by Crippen LogP contribution is -2.49. The number of rotatable bonds is 5. The number of hydrogen-bond acceptors (Lipinski definition) is 5. The van der Waals surface area contributed by atoms with Gasteiger partial charge in [-0.15, -0.1) is 0 Å². The van der Waals surface area contributed by atoms with E-state index in [1.807, 2.05) is 55.7 Å². The Morgan fingerprint density at radius 2 is 1.64 bits per heavy atom. The summed E-state index contributed by atoms with van der Waals surface area (Å²) in [5.41, 5.74) is 3.75. The van der Waals surface area contributed by atoms with Crippen LogP contribution in [0.4, 0.5) is 10.5 Å². The summed E-state index contributed by atoms with van der Waals surface area (Å²) in [5, 5.41) is 0. The Hall–Kier alpha value is -3.22. The van der Waals surface area contributed by atoms with Crippen LogP contribution in [-0.2, 0) is 11.3 Å². The number of anilines is 1. The van der Waals surface area contributed by atoms with Crippen molar-refractivity contribution in [1.29, 1.82) is 0 Å². The quantitative estimate of drug-likeness (QED) is 0.467. The molecule has 2 aromatic rings. The fourth-order valence-electron chi connectivity index (χ4n) is 6.19. The van der Waals surface area contributed by atoms with E-state index in [1.165, 1.54) is 5.56 Å². The number of nitrogens with zero attached hydrogens (tertiary/aromatic N) is 3. The van der Waals surface area contributed by atoms with Crippen molar-refractivity contribution < 1.29 is 19.1 Å². The van der Waals surface area contributed by atoms with Gasteiger partial charge < -0.3 is 24.2 Å². The number of carbonyl (C=O) groups excluding carboxylic acids is 2. The number of piperidine rings is 2. The van der Waals surface area contributed by atoms with Gasteiger partial charge in [-0.05, 0) is 94.3 Å². The first kappa shape index (κ1) is 27.4. The molecule has 0 bridgehead atoms. The van der Waals surface area contributed by atoms with Gasteiger partial charge in [0.05, 0.1) is 6.61 Å². The SMILES string of the molecule is CCOc1ccc(CN2c3ccc(C(=O)N4CCC(C)CC4)cc3C3CN(C(=O)OC(C)(C)C)CCC32)cc1. The van der Waals surface area contributed by atoms with Crippen LogP contribution in [0.2, 0.25) is 0 Å². The molecule has 2 fully saturated rings.